The van der Waals surface area contributed by atoms with E-state index < -0.39 is 0 Å². The Bertz CT molecular complexity index is 2860. The van der Waals surface area contributed by atoms with Gasteiger partial charge in [-0.25, -0.2) is 0 Å². The lowest BCUT2D eigenvalue weighted by Gasteiger charge is -2.22. The molecule has 11 rings (SSSR count). The van der Waals surface area contributed by atoms with Gasteiger partial charge in [-0.15, -0.1) is 0 Å². The number of benzene rings is 8. The second-order valence-electron chi connectivity index (χ2n) is 15.0. The average Bonchev–Trinajstić information content (AvgIpc) is 3.80. The van der Waals surface area contributed by atoms with Crippen molar-refractivity contribution in [2.75, 3.05) is 0 Å². The van der Waals surface area contributed by atoms with Gasteiger partial charge >= 0.3 is 0 Å². The van der Waals surface area contributed by atoms with Gasteiger partial charge in [0, 0.05) is 38.3 Å². The molecule has 0 atom stereocenters. The summed E-state index contributed by atoms with van der Waals surface area (Å²) in [6, 6.07) is 67.0. The zero-order valence-electron chi connectivity index (χ0n) is 29.7. The van der Waals surface area contributed by atoms with Crippen LogP contribution in [0.3, 0.4) is 0 Å². The van der Waals surface area contributed by atoms with Crippen molar-refractivity contribution in [1.82, 2.24) is 9.13 Å². The van der Waals surface area contributed by atoms with E-state index in [1.165, 1.54) is 99.5 Å². The normalized spacial score (nSPS) is 13.2. The monoisotopic (exact) mass is 676 g/mol. The molecule has 0 aliphatic heterocycles. The number of nitrogens with zero attached hydrogens (tertiary/aromatic N) is 2. The Morgan fingerprint density at radius 2 is 0.679 bits per heavy atom. The van der Waals surface area contributed by atoms with Gasteiger partial charge in [-0.1, -0.05) is 123 Å². The van der Waals surface area contributed by atoms with Crippen LogP contribution in [-0.2, 0) is 5.41 Å². The lowest BCUT2D eigenvalue weighted by Crippen LogP contribution is -2.15. The van der Waals surface area contributed by atoms with Gasteiger partial charge in [0.25, 0.3) is 0 Å². The van der Waals surface area contributed by atoms with Gasteiger partial charge in [0.2, 0.25) is 0 Å². The molecule has 2 aromatic heterocycles. The van der Waals surface area contributed by atoms with Crippen LogP contribution < -0.4 is 0 Å². The SMILES string of the molecule is CC1(C)c2cc(-c3ccc4c(c3)c3ccccc3n4-c3ccccc3)ccc2-c2ccc(-c3ccc4c(c3)c3ccccc3n4-c3ccccc3)cc21. The molecule has 0 bridgehead atoms. The van der Waals surface area contributed by atoms with E-state index in [2.05, 4.69) is 205 Å². The third kappa shape index (κ3) is 4.39. The van der Waals surface area contributed by atoms with E-state index in [1.54, 1.807) is 0 Å². The summed E-state index contributed by atoms with van der Waals surface area (Å²) < 4.78 is 4.76. The number of fused-ring (bicyclic) bond motifs is 9. The van der Waals surface area contributed by atoms with Crippen LogP contribution in [0.25, 0.3) is 88.4 Å². The first-order valence-corrected chi connectivity index (χ1v) is 18.5. The summed E-state index contributed by atoms with van der Waals surface area (Å²) in [6.07, 6.45) is 0. The Morgan fingerprint density at radius 3 is 1.13 bits per heavy atom. The zero-order chi connectivity index (χ0) is 35.3. The molecule has 2 heterocycles. The highest BCUT2D eigenvalue weighted by Gasteiger charge is 2.36. The first-order valence-electron chi connectivity index (χ1n) is 18.5. The van der Waals surface area contributed by atoms with Crippen molar-refractivity contribution in [3.05, 3.63) is 193 Å². The molecule has 10 aromatic rings. The van der Waals surface area contributed by atoms with Crippen LogP contribution in [0.15, 0.2) is 182 Å². The highest BCUT2D eigenvalue weighted by Crippen LogP contribution is 2.51. The van der Waals surface area contributed by atoms with Crippen LogP contribution in [0, 0.1) is 0 Å². The van der Waals surface area contributed by atoms with Gasteiger partial charge in [0.15, 0.2) is 0 Å². The van der Waals surface area contributed by atoms with Crippen LogP contribution in [0.1, 0.15) is 25.0 Å². The summed E-state index contributed by atoms with van der Waals surface area (Å²) in [5, 5.41) is 5.10. The Balaban J connectivity index is 0.996. The summed E-state index contributed by atoms with van der Waals surface area (Å²) in [4.78, 5) is 0. The Hall–Kier alpha value is -6.64. The quantitative estimate of drug-likeness (QED) is 0.176. The Kier molecular flexibility index (Phi) is 6.33. The molecule has 1 aliphatic carbocycles. The van der Waals surface area contributed by atoms with Crippen LogP contribution in [-0.4, -0.2) is 9.13 Å². The van der Waals surface area contributed by atoms with Crippen molar-refractivity contribution in [2.24, 2.45) is 0 Å². The first-order chi connectivity index (χ1) is 26.0. The van der Waals surface area contributed by atoms with Gasteiger partial charge in [-0.05, 0) is 117 Å². The lowest BCUT2D eigenvalue weighted by atomic mass is 9.80. The average molecular weight is 677 g/mol. The molecule has 2 heteroatoms. The predicted octanol–water partition coefficient (Wildman–Crippen LogP) is 13.5. The molecule has 53 heavy (non-hydrogen) atoms. The third-order valence-electron chi connectivity index (χ3n) is 11.7. The predicted molar refractivity (Wildman–Crippen MR) is 224 cm³/mol. The molecule has 0 amide bonds. The summed E-state index contributed by atoms with van der Waals surface area (Å²) >= 11 is 0. The molecular formula is C51H36N2. The maximum atomic E-state index is 2.44. The van der Waals surface area contributed by atoms with Crippen molar-refractivity contribution in [3.8, 4) is 44.8 Å². The van der Waals surface area contributed by atoms with Gasteiger partial charge in [0.05, 0.1) is 22.1 Å². The minimum Gasteiger partial charge on any atom is -0.309 e. The van der Waals surface area contributed by atoms with Gasteiger partial charge in [-0.2, -0.15) is 0 Å². The third-order valence-corrected chi connectivity index (χ3v) is 11.7. The van der Waals surface area contributed by atoms with Crippen LogP contribution >= 0.6 is 0 Å². The second-order valence-corrected chi connectivity index (χ2v) is 15.0. The van der Waals surface area contributed by atoms with Gasteiger partial charge < -0.3 is 9.13 Å². The largest absolute Gasteiger partial charge is 0.309 e. The molecule has 0 N–H and O–H groups in total. The van der Waals surface area contributed by atoms with E-state index in [9.17, 15) is 0 Å². The minimum absolute atomic E-state index is 0.141. The molecular weight excluding hydrogens is 641 g/mol. The fourth-order valence-corrected chi connectivity index (χ4v) is 9.11. The van der Waals surface area contributed by atoms with Gasteiger partial charge in [-0.3, -0.25) is 0 Å². The fraction of sp³-hybridized carbons (Fsp3) is 0.0588. The van der Waals surface area contributed by atoms with Crippen molar-refractivity contribution in [3.63, 3.8) is 0 Å². The molecule has 8 aromatic carbocycles. The number of para-hydroxylation sites is 4. The number of aromatic nitrogens is 2. The van der Waals surface area contributed by atoms with E-state index in [1.807, 2.05) is 0 Å². The second kappa shape index (κ2) is 11.2. The summed E-state index contributed by atoms with van der Waals surface area (Å²) in [5.74, 6) is 0. The van der Waals surface area contributed by atoms with E-state index in [-0.39, 0.29) is 5.41 Å². The van der Waals surface area contributed by atoms with E-state index in [4.69, 9.17) is 0 Å². The zero-order valence-corrected chi connectivity index (χ0v) is 29.7. The molecule has 0 unspecified atom stereocenters. The van der Waals surface area contributed by atoms with E-state index in [0.717, 1.165) is 0 Å². The maximum Gasteiger partial charge on any atom is 0.0541 e. The molecule has 0 spiro atoms. The molecule has 0 fully saturated rings. The molecule has 0 radical (unpaired) electrons. The molecule has 0 saturated heterocycles. The molecule has 2 nitrogen and oxygen atoms in total. The number of rotatable bonds is 4. The highest BCUT2D eigenvalue weighted by atomic mass is 15.0. The van der Waals surface area contributed by atoms with Gasteiger partial charge in [0.1, 0.15) is 0 Å². The molecule has 250 valence electrons. The summed E-state index contributed by atoms with van der Waals surface area (Å²) in [5.41, 5.74) is 17.6. The van der Waals surface area contributed by atoms with Crippen LogP contribution in [0.2, 0.25) is 0 Å². The van der Waals surface area contributed by atoms with Crippen molar-refractivity contribution in [1.29, 1.82) is 0 Å². The first kappa shape index (κ1) is 30.0. The molecule has 0 saturated carbocycles. The van der Waals surface area contributed by atoms with E-state index >= 15 is 0 Å². The number of hydrogen-bond donors (Lipinski definition) is 0. The molecule has 1 aliphatic rings. The van der Waals surface area contributed by atoms with Crippen molar-refractivity contribution >= 4 is 43.6 Å². The summed E-state index contributed by atoms with van der Waals surface area (Å²) in [7, 11) is 0. The van der Waals surface area contributed by atoms with Crippen LogP contribution in [0.4, 0.5) is 0 Å². The van der Waals surface area contributed by atoms with E-state index in [0.29, 0.717) is 0 Å². The number of hydrogen-bond acceptors (Lipinski definition) is 0. The van der Waals surface area contributed by atoms with Crippen LogP contribution in [0.5, 0.6) is 0 Å². The Morgan fingerprint density at radius 1 is 0.321 bits per heavy atom. The van der Waals surface area contributed by atoms with Crippen molar-refractivity contribution < 1.29 is 0 Å². The Labute approximate surface area is 308 Å². The van der Waals surface area contributed by atoms with Crippen molar-refractivity contribution in [2.45, 2.75) is 19.3 Å². The standard InChI is InChI=1S/C51H36N2/c1-51(2)45-31-35(33-23-27-49-43(29-33)41-17-9-11-19-47(41)52(49)37-13-5-3-6-14-37)21-25-39(45)40-26-22-36(32-46(40)51)34-24-28-50-44(30-34)42-18-10-12-20-48(42)53(50)38-15-7-4-8-16-38/h3-32H,1-2H3. The smallest absolute Gasteiger partial charge is 0.0541 e. The topological polar surface area (TPSA) is 9.86 Å². The lowest BCUT2D eigenvalue weighted by molar-refractivity contribution is 0.661. The maximum absolute atomic E-state index is 2.44. The summed E-state index contributed by atoms with van der Waals surface area (Å²) in [6.45, 7) is 4.77. The fourth-order valence-electron chi connectivity index (χ4n) is 9.11. The highest BCUT2D eigenvalue weighted by molar-refractivity contribution is 6.11. The minimum atomic E-state index is -0.141.